The number of ether oxygens (including phenoxy) is 2. The maximum Gasteiger partial charge on any atom is 0.0957 e. The van der Waals surface area contributed by atoms with Crippen LogP contribution in [0, 0.1) is 0 Å². The zero-order chi connectivity index (χ0) is 11.9. The molecular formula is C14H21NO2. The van der Waals surface area contributed by atoms with Crippen LogP contribution >= 0.6 is 0 Å². The quantitative estimate of drug-likeness (QED) is 0.841. The van der Waals surface area contributed by atoms with E-state index in [4.69, 9.17) is 9.47 Å². The molecule has 1 aromatic carbocycles. The van der Waals surface area contributed by atoms with Crippen molar-refractivity contribution in [3.05, 3.63) is 35.9 Å². The maximum atomic E-state index is 5.42. The molecule has 0 amide bonds. The lowest BCUT2D eigenvalue weighted by atomic mass is 10.1. The summed E-state index contributed by atoms with van der Waals surface area (Å²) in [5.74, 6) is 0. The smallest absolute Gasteiger partial charge is 0.0957 e. The molecule has 3 nitrogen and oxygen atoms in total. The maximum absolute atomic E-state index is 5.42. The molecule has 3 heteroatoms. The molecule has 1 N–H and O–H groups in total. The van der Waals surface area contributed by atoms with Crippen molar-refractivity contribution in [2.24, 2.45) is 0 Å². The predicted molar refractivity (Wildman–Crippen MR) is 68.2 cm³/mol. The molecule has 1 aromatic rings. The van der Waals surface area contributed by atoms with Gasteiger partial charge in [-0.25, -0.2) is 0 Å². The molecule has 2 atom stereocenters. The van der Waals surface area contributed by atoms with E-state index in [1.165, 1.54) is 5.56 Å². The van der Waals surface area contributed by atoms with Crippen molar-refractivity contribution >= 4 is 0 Å². The van der Waals surface area contributed by atoms with Crippen LogP contribution in [0.4, 0.5) is 0 Å². The number of rotatable bonds is 5. The lowest BCUT2D eigenvalue weighted by Gasteiger charge is -2.31. The van der Waals surface area contributed by atoms with E-state index in [-0.39, 0.29) is 6.10 Å². The van der Waals surface area contributed by atoms with Gasteiger partial charge in [-0.1, -0.05) is 30.3 Å². The molecule has 0 bridgehead atoms. The van der Waals surface area contributed by atoms with Crippen molar-refractivity contribution in [1.29, 1.82) is 0 Å². The van der Waals surface area contributed by atoms with Gasteiger partial charge in [0.25, 0.3) is 0 Å². The normalized spacial score (nSPS) is 24.8. The fourth-order valence-corrected chi connectivity index (χ4v) is 2.22. The van der Waals surface area contributed by atoms with Gasteiger partial charge in [-0.05, 0) is 24.9 Å². The zero-order valence-corrected chi connectivity index (χ0v) is 10.4. The molecule has 1 heterocycles. The molecule has 0 aromatic heterocycles. The summed E-state index contributed by atoms with van der Waals surface area (Å²) in [7, 11) is 1.76. The molecule has 1 fully saturated rings. The van der Waals surface area contributed by atoms with Crippen LogP contribution in [0.15, 0.2) is 30.3 Å². The van der Waals surface area contributed by atoms with Crippen molar-refractivity contribution in [3.63, 3.8) is 0 Å². The third-order valence-electron chi connectivity index (χ3n) is 3.27. The highest BCUT2D eigenvalue weighted by atomic mass is 16.5. The first-order valence-electron chi connectivity index (χ1n) is 6.28. The van der Waals surface area contributed by atoms with Gasteiger partial charge in [0, 0.05) is 19.8 Å². The summed E-state index contributed by atoms with van der Waals surface area (Å²) >= 11 is 0. The molecule has 0 spiro atoms. The molecule has 0 radical (unpaired) electrons. The van der Waals surface area contributed by atoms with Crippen LogP contribution in [0.25, 0.3) is 0 Å². The van der Waals surface area contributed by atoms with Crippen LogP contribution in [-0.2, 0) is 15.9 Å². The SMILES string of the molecule is CO[C@H]1COCC[C@@H]1NCCc1ccccc1. The van der Waals surface area contributed by atoms with Crippen LogP contribution in [0.5, 0.6) is 0 Å². The summed E-state index contributed by atoms with van der Waals surface area (Å²) in [5.41, 5.74) is 1.38. The summed E-state index contributed by atoms with van der Waals surface area (Å²) in [6, 6.07) is 11.0. The Morgan fingerprint density at radius 2 is 2.18 bits per heavy atom. The minimum atomic E-state index is 0.194. The van der Waals surface area contributed by atoms with Crippen molar-refractivity contribution in [3.8, 4) is 0 Å². The number of hydrogen-bond acceptors (Lipinski definition) is 3. The lowest BCUT2D eigenvalue weighted by molar-refractivity contribution is -0.0495. The third-order valence-corrected chi connectivity index (χ3v) is 3.27. The highest BCUT2D eigenvalue weighted by molar-refractivity contribution is 5.14. The average molecular weight is 235 g/mol. The second-order valence-corrected chi connectivity index (χ2v) is 4.43. The Morgan fingerprint density at radius 1 is 1.35 bits per heavy atom. The highest BCUT2D eigenvalue weighted by Gasteiger charge is 2.24. The summed E-state index contributed by atoms with van der Waals surface area (Å²) in [6.07, 6.45) is 2.29. The number of hydrogen-bond donors (Lipinski definition) is 1. The van der Waals surface area contributed by atoms with E-state index in [0.29, 0.717) is 12.6 Å². The van der Waals surface area contributed by atoms with Crippen LogP contribution in [0.3, 0.4) is 0 Å². The average Bonchev–Trinajstić information content (AvgIpc) is 2.40. The Labute approximate surface area is 103 Å². The third kappa shape index (κ3) is 3.80. The summed E-state index contributed by atoms with van der Waals surface area (Å²) < 4.78 is 10.8. The largest absolute Gasteiger partial charge is 0.379 e. The Morgan fingerprint density at radius 3 is 2.94 bits per heavy atom. The van der Waals surface area contributed by atoms with Crippen molar-refractivity contribution in [2.75, 3.05) is 26.9 Å². The molecule has 0 aliphatic carbocycles. The molecule has 94 valence electrons. The van der Waals surface area contributed by atoms with Crippen molar-refractivity contribution < 1.29 is 9.47 Å². The van der Waals surface area contributed by atoms with E-state index < -0.39 is 0 Å². The van der Waals surface area contributed by atoms with E-state index >= 15 is 0 Å². The van der Waals surface area contributed by atoms with E-state index in [1.54, 1.807) is 7.11 Å². The Bertz CT molecular complexity index is 315. The molecule has 0 saturated carbocycles. The fraction of sp³-hybridized carbons (Fsp3) is 0.571. The number of nitrogens with one attached hydrogen (secondary N) is 1. The summed E-state index contributed by atoms with van der Waals surface area (Å²) in [5, 5.41) is 3.57. The highest BCUT2D eigenvalue weighted by Crippen LogP contribution is 2.10. The number of benzene rings is 1. The standard InChI is InChI=1S/C14H21NO2/c1-16-14-11-17-10-8-13(14)15-9-7-12-5-3-2-4-6-12/h2-6,13-15H,7-11H2,1H3/t13-,14-/m0/s1. The minimum Gasteiger partial charge on any atom is -0.379 e. The lowest BCUT2D eigenvalue weighted by Crippen LogP contribution is -2.47. The first-order chi connectivity index (χ1) is 8.40. The molecule has 17 heavy (non-hydrogen) atoms. The van der Waals surface area contributed by atoms with Gasteiger partial charge in [-0.3, -0.25) is 0 Å². The Hall–Kier alpha value is -0.900. The van der Waals surface area contributed by atoms with Crippen molar-refractivity contribution in [2.45, 2.75) is 25.0 Å². The van der Waals surface area contributed by atoms with Crippen LogP contribution in [0.1, 0.15) is 12.0 Å². The molecule has 0 unspecified atom stereocenters. The Balaban J connectivity index is 1.74. The molecule has 1 aliphatic rings. The van der Waals surface area contributed by atoms with Crippen LogP contribution in [0.2, 0.25) is 0 Å². The van der Waals surface area contributed by atoms with Gasteiger partial charge in [0.15, 0.2) is 0 Å². The fourth-order valence-electron chi connectivity index (χ4n) is 2.22. The molecule has 2 rings (SSSR count). The molecule has 1 aliphatic heterocycles. The zero-order valence-electron chi connectivity index (χ0n) is 10.4. The van der Waals surface area contributed by atoms with Gasteiger partial charge in [-0.2, -0.15) is 0 Å². The second-order valence-electron chi connectivity index (χ2n) is 4.43. The van der Waals surface area contributed by atoms with Crippen molar-refractivity contribution in [1.82, 2.24) is 5.32 Å². The van der Waals surface area contributed by atoms with Gasteiger partial charge in [0.2, 0.25) is 0 Å². The number of methoxy groups -OCH3 is 1. The molecular weight excluding hydrogens is 214 g/mol. The monoisotopic (exact) mass is 235 g/mol. The summed E-state index contributed by atoms with van der Waals surface area (Å²) in [4.78, 5) is 0. The van der Waals surface area contributed by atoms with E-state index in [9.17, 15) is 0 Å². The first kappa shape index (κ1) is 12.6. The first-order valence-corrected chi connectivity index (χ1v) is 6.28. The van der Waals surface area contributed by atoms with Gasteiger partial charge in [0.1, 0.15) is 0 Å². The molecule has 1 saturated heterocycles. The summed E-state index contributed by atoms with van der Waals surface area (Å²) in [6.45, 7) is 2.54. The van der Waals surface area contributed by atoms with Crippen LogP contribution < -0.4 is 5.32 Å². The van der Waals surface area contributed by atoms with Crippen LogP contribution in [-0.4, -0.2) is 39.0 Å². The van der Waals surface area contributed by atoms with E-state index in [1.807, 2.05) is 0 Å². The van der Waals surface area contributed by atoms with E-state index in [0.717, 1.165) is 26.0 Å². The second kappa shape index (κ2) is 6.74. The van der Waals surface area contributed by atoms with Gasteiger partial charge >= 0.3 is 0 Å². The predicted octanol–water partition coefficient (Wildman–Crippen LogP) is 1.62. The van der Waals surface area contributed by atoms with Gasteiger partial charge in [-0.15, -0.1) is 0 Å². The van der Waals surface area contributed by atoms with Gasteiger partial charge in [0.05, 0.1) is 12.7 Å². The Kier molecular flexibility index (Phi) is 4.98. The van der Waals surface area contributed by atoms with E-state index in [2.05, 4.69) is 35.6 Å². The minimum absolute atomic E-state index is 0.194. The van der Waals surface area contributed by atoms with Gasteiger partial charge < -0.3 is 14.8 Å². The topological polar surface area (TPSA) is 30.5 Å².